The van der Waals surface area contributed by atoms with E-state index in [4.69, 9.17) is 0 Å². The zero-order chi connectivity index (χ0) is 18.1. The number of sulfonamides is 1. The van der Waals surface area contributed by atoms with Gasteiger partial charge < -0.3 is 5.32 Å². The summed E-state index contributed by atoms with van der Waals surface area (Å²) in [6.07, 6.45) is 6.61. The van der Waals surface area contributed by atoms with Gasteiger partial charge in [-0.15, -0.1) is 0 Å². The van der Waals surface area contributed by atoms with Crippen LogP contribution in [-0.2, 0) is 20.2 Å². The van der Waals surface area contributed by atoms with Crippen molar-refractivity contribution >= 4 is 31.9 Å². The summed E-state index contributed by atoms with van der Waals surface area (Å²) in [7, 11) is -3.21. The lowest BCUT2D eigenvalue weighted by Crippen LogP contribution is -2.53. The summed E-state index contributed by atoms with van der Waals surface area (Å²) in [5.41, 5.74) is 0.560. The van der Waals surface area contributed by atoms with Crippen molar-refractivity contribution < 1.29 is 13.2 Å². The maximum atomic E-state index is 13.2. The second-order valence-corrected chi connectivity index (χ2v) is 10.1. The molecule has 1 N–H and O–H groups in total. The van der Waals surface area contributed by atoms with Crippen LogP contribution in [0, 0.1) is 0 Å². The van der Waals surface area contributed by atoms with Crippen molar-refractivity contribution in [1.29, 1.82) is 0 Å². The van der Waals surface area contributed by atoms with Gasteiger partial charge in [-0.3, -0.25) is 4.79 Å². The molecule has 7 heteroatoms. The summed E-state index contributed by atoms with van der Waals surface area (Å²) in [4.78, 5) is 13.2. The summed E-state index contributed by atoms with van der Waals surface area (Å²) < 4.78 is 26.1. The zero-order valence-electron chi connectivity index (χ0n) is 14.5. The molecule has 1 aromatic carbocycles. The summed E-state index contributed by atoms with van der Waals surface area (Å²) in [5, 5.41) is 3.16. The van der Waals surface area contributed by atoms with Crippen LogP contribution in [0.1, 0.15) is 44.1 Å². The van der Waals surface area contributed by atoms with Crippen LogP contribution in [0.15, 0.2) is 28.7 Å². The van der Waals surface area contributed by atoms with Crippen molar-refractivity contribution in [3.8, 4) is 0 Å². The number of nitrogens with one attached hydrogen (secondary N) is 1. The molecule has 1 aliphatic heterocycles. The van der Waals surface area contributed by atoms with Crippen LogP contribution in [0.25, 0.3) is 0 Å². The van der Waals surface area contributed by atoms with Crippen LogP contribution in [-0.4, -0.2) is 44.0 Å². The van der Waals surface area contributed by atoms with Crippen LogP contribution in [0.5, 0.6) is 0 Å². The van der Waals surface area contributed by atoms with Crippen molar-refractivity contribution in [2.24, 2.45) is 0 Å². The van der Waals surface area contributed by atoms with Gasteiger partial charge in [0.05, 0.1) is 11.7 Å². The predicted molar refractivity (Wildman–Crippen MR) is 102 cm³/mol. The van der Waals surface area contributed by atoms with Gasteiger partial charge in [-0.1, -0.05) is 40.9 Å². The lowest BCUT2D eigenvalue weighted by atomic mass is 9.77. The van der Waals surface area contributed by atoms with Crippen molar-refractivity contribution in [2.75, 3.05) is 19.3 Å². The minimum Gasteiger partial charge on any atom is -0.351 e. The minimum absolute atomic E-state index is 0.0449. The Kier molecular flexibility index (Phi) is 5.56. The fraction of sp³-hybridized carbons (Fsp3) is 0.611. The number of benzene rings is 1. The van der Waals surface area contributed by atoms with E-state index in [9.17, 15) is 13.2 Å². The maximum Gasteiger partial charge on any atom is 0.230 e. The molecular formula is C18H25BrN2O3S. The summed E-state index contributed by atoms with van der Waals surface area (Å²) >= 11 is 3.51. The number of amides is 1. The first-order valence-electron chi connectivity index (χ1n) is 8.83. The van der Waals surface area contributed by atoms with Gasteiger partial charge in [0.15, 0.2) is 0 Å². The van der Waals surface area contributed by atoms with E-state index < -0.39 is 15.4 Å². The highest BCUT2D eigenvalue weighted by Gasteiger charge is 2.43. The Morgan fingerprint density at radius 3 is 2.64 bits per heavy atom. The Balaban J connectivity index is 1.78. The van der Waals surface area contributed by atoms with Crippen LogP contribution < -0.4 is 5.32 Å². The Bertz CT molecular complexity index is 744. The highest BCUT2D eigenvalue weighted by molar-refractivity contribution is 9.10. The van der Waals surface area contributed by atoms with E-state index in [2.05, 4.69) is 21.2 Å². The standard InChI is InChI=1S/C18H25BrN2O3S/c1-25(23,24)21-11-5-8-16(13-21)20-17(22)18(9-2-3-10-18)14-6-4-7-15(19)12-14/h4,6-7,12,16H,2-3,5,8-11,13H2,1H3,(H,20,22). The van der Waals surface area contributed by atoms with Crippen LogP contribution in [0.4, 0.5) is 0 Å². The van der Waals surface area contributed by atoms with Gasteiger partial charge in [-0.25, -0.2) is 12.7 Å². The molecule has 0 bridgehead atoms. The van der Waals surface area contributed by atoms with Gasteiger partial charge in [0.1, 0.15) is 0 Å². The molecule has 5 nitrogen and oxygen atoms in total. The lowest BCUT2D eigenvalue weighted by Gasteiger charge is -2.35. The van der Waals surface area contributed by atoms with Gasteiger partial charge in [-0.05, 0) is 43.4 Å². The molecule has 138 valence electrons. The Morgan fingerprint density at radius 2 is 2.00 bits per heavy atom. The quantitative estimate of drug-likeness (QED) is 0.801. The molecule has 25 heavy (non-hydrogen) atoms. The highest BCUT2D eigenvalue weighted by atomic mass is 79.9. The van der Waals surface area contributed by atoms with Gasteiger partial charge >= 0.3 is 0 Å². The molecule has 0 radical (unpaired) electrons. The molecule has 1 unspecified atom stereocenters. The number of hydrogen-bond acceptors (Lipinski definition) is 3. The Labute approximate surface area is 158 Å². The molecule has 0 aromatic heterocycles. The second-order valence-electron chi connectivity index (χ2n) is 7.23. The van der Waals surface area contributed by atoms with E-state index in [0.29, 0.717) is 13.1 Å². The third kappa shape index (κ3) is 4.09. The number of nitrogens with zero attached hydrogens (tertiary/aromatic N) is 1. The van der Waals surface area contributed by atoms with Gasteiger partial charge in [-0.2, -0.15) is 0 Å². The van der Waals surface area contributed by atoms with E-state index >= 15 is 0 Å². The van der Waals surface area contributed by atoms with Crippen molar-refractivity contribution in [2.45, 2.75) is 50.0 Å². The molecule has 1 aromatic rings. The molecule has 2 aliphatic rings. The topological polar surface area (TPSA) is 66.5 Å². The molecule has 1 saturated heterocycles. The van der Waals surface area contributed by atoms with Crippen molar-refractivity contribution in [3.63, 3.8) is 0 Å². The summed E-state index contributed by atoms with van der Waals surface area (Å²) in [5.74, 6) is 0.0449. The Morgan fingerprint density at radius 1 is 1.28 bits per heavy atom. The monoisotopic (exact) mass is 428 g/mol. The average Bonchev–Trinajstić information content (AvgIpc) is 3.05. The van der Waals surface area contributed by atoms with E-state index in [1.54, 1.807) is 0 Å². The number of rotatable bonds is 4. The molecule has 1 aliphatic carbocycles. The van der Waals surface area contributed by atoms with Crippen molar-refractivity contribution in [3.05, 3.63) is 34.3 Å². The molecule has 1 saturated carbocycles. The first-order chi connectivity index (χ1) is 11.8. The normalized spacial score (nSPS) is 24.2. The van der Waals surface area contributed by atoms with E-state index in [0.717, 1.165) is 48.6 Å². The zero-order valence-corrected chi connectivity index (χ0v) is 16.9. The van der Waals surface area contributed by atoms with Crippen LogP contribution in [0.3, 0.4) is 0 Å². The fourth-order valence-electron chi connectivity index (χ4n) is 4.10. The van der Waals surface area contributed by atoms with E-state index in [1.165, 1.54) is 10.6 Å². The highest BCUT2D eigenvalue weighted by Crippen LogP contribution is 2.42. The fourth-order valence-corrected chi connectivity index (χ4v) is 5.41. The second kappa shape index (κ2) is 7.37. The lowest BCUT2D eigenvalue weighted by molar-refractivity contribution is -0.127. The molecule has 2 fully saturated rings. The molecule has 3 rings (SSSR count). The van der Waals surface area contributed by atoms with Crippen molar-refractivity contribution in [1.82, 2.24) is 9.62 Å². The number of carbonyl (C=O) groups excluding carboxylic acids is 1. The number of carbonyl (C=O) groups is 1. The molecule has 1 heterocycles. The molecule has 1 atom stereocenters. The average molecular weight is 429 g/mol. The minimum atomic E-state index is -3.21. The Hall–Kier alpha value is -0.920. The molecule has 1 amide bonds. The predicted octanol–water partition coefficient (Wildman–Crippen LogP) is 2.80. The van der Waals surface area contributed by atoms with E-state index in [-0.39, 0.29) is 11.9 Å². The van der Waals surface area contributed by atoms with E-state index in [1.807, 2.05) is 24.3 Å². The first kappa shape index (κ1) is 18.9. The first-order valence-corrected chi connectivity index (χ1v) is 11.5. The van der Waals surface area contributed by atoms with Crippen LogP contribution >= 0.6 is 15.9 Å². The number of halogens is 1. The van der Waals surface area contributed by atoms with Gasteiger partial charge in [0, 0.05) is 23.6 Å². The largest absolute Gasteiger partial charge is 0.351 e. The third-order valence-electron chi connectivity index (χ3n) is 5.46. The molecular weight excluding hydrogens is 404 g/mol. The summed E-state index contributed by atoms with van der Waals surface area (Å²) in [6.45, 7) is 0.918. The third-order valence-corrected chi connectivity index (χ3v) is 7.22. The van der Waals surface area contributed by atoms with Crippen LogP contribution in [0.2, 0.25) is 0 Å². The summed E-state index contributed by atoms with van der Waals surface area (Å²) in [6, 6.07) is 7.89. The number of hydrogen-bond donors (Lipinski definition) is 1. The van der Waals surface area contributed by atoms with Gasteiger partial charge in [0.25, 0.3) is 0 Å². The number of piperidine rings is 1. The molecule has 0 spiro atoms. The SMILES string of the molecule is CS(=O)(=O)N1CCCC(NC(=O)C2(c3cccc(Br)c3)CCCC2)C1. The maximum absolute atomic E-state index is 13.2. The van der Waals surface area contributed by atoms with Gasteiger partial charge in [0.2, 0.25) is 15.9 Å². The smallest absolute Gasteiger partial charge is 0.230 e.